The highest BCUT2D eigenvalue weighted by Gasteiger charge is 2.48. The molecule has 4 nitrogen and oxygen atoms in total. The van der Waals surface area contributed by atoms with Crippen molar-refractivity contribution >= 4 is 23.1 Å². The van der Waals surface area contributed by atoms with Gasteiger partial charge in [-0.1, -0.05) is 78.9 Å². The maximum Gasteiger partial charge on any atom is 0.194 e. The van der Waals surface area contributed by atoms with Crippen LogP contribution in [0.15, 0.2) is 84.4 Å². The van der Waals surface area contributed by atoms with Crippen molar-refractivity contribution in [1.29, 1.82) is 0 Å². The molecule has 0 saturated heterocycles. The number of hydrogen-bond donors (Lipinski definition) is 1. The SMILES string of the molecule is O=C1C([C@H](c2ccccc2)C2C(=O)c3ccccc3C2=O)=C(O)c2ccccc21. The van der Waals surface area contributed by atoms with Crippen LogP contribution >= 0.6 is 0 Å². The van der Waals surface area contributed by atoms with Crippen LogP contribution < -0.4 is 0 Å². The first kappa shape index (κ1) is 17.3. The number of aliphatic hydroxyl groups excluding tert-OH is 1. The summed E-state index contributed by atoms with van der Waals surface area (Å²) in [6.07, 6.45) is 0. The van der Waals surface area contributed by atoms with Gasteiger partial charge in [0.2, 0.25) is 0 Å². The van der Waals surface area contributed by atoms with E-state index in [2.05, 4.69) is 0 Å². The molecular weight excluding hydrogens is 364 g/mol. The zero-order valence-corrected chi connectivity index (χ0v) is 15.3. The highest BCUT2D eigenvalue weighted by atomic mass is 16.3. The number of Topliss-reactive ketones (excluding diaryl/α,β-unsaturated/α-hetero) is 3. The van der Waals surface area contributed by atoms with Crippen molar-refractivity contribution in [3.05, 3.63) is 112 Å². The Bertz CT molecular complexity index is 1190. The fraction of sp³-hybridized carbons (Fsp3) is 0.0800. The number of carbonyl (C=O) groups is 3. The Kier molecular flexibility index (Phi) is 3.81. The van der Waals surface area contributed by atoms with E-state index >= 15 is 0 Å². The third kappa shape index (κ3) is 2.42. The normalized spacial score (nSPS) is 16.9. The molecule has 3 aromatic rings. The van der Waals surface area contributed by atoms with Crippen LogP contribution in [-0.4, -0.2) is 22.5 Å². The van der Waals surface area contributed by atoms with Crippen molar-refractivity contribution in [2.45, 2.75) is 5.92 Å². The molecule has 29 heavy (non-hydrogen) atoms. The first-order chi connectivity index (χ1) is 14.1. The van der Waals surface area contributed by atoms with Crippen LogP contribution in [0.5, 0.6) is 0 Å². The number of aliphatic hydroxyl groups is 1. The van der Waals surface area contributed by atoms with E-state index in [0.29, 0.717) is 27.8 Å². The summed E-state index contributed by atoms with van der Waals surface area (Å²) in [6, 6.07) is 22.5. The van der Waals surface area contributed by atoms with Crippen molar-refractivity contribution < 1.29 is 19.5 Å². The first-order valence-corrected chi connectivity index (χ1v) is 9.39. The van der Waals surface area contributed by atoms with E-state index in [9.17, 15) is 19.5 Å². The van der Waals surface area contributed by atoms with E-state index < -0.39 is 11.8 Å². The molecule has 0 heterocycles. The molecule has 5 rings (SSSR count). The van der Waals surface area contributed by atoms with Gasteiger partial charge in [0.15, 0.2) is 17.3 Å². The summed E-state index contributed by atoms with van der Waals surface area (Å²) in [6.45, 7) is 0. The smallest absolute Gasteiger partial charge is 0.194 e. The van der Waals surface area contributed by atoms with E-state index in [4.69, 9.17) is 0 Å². The van der Waals surface area contributed by atoms with E-state index in [0.717, 1.165) is 0 Å². The third-order valence-electron chi connectivity index (χ3n) is 5.75. The minimum Gasteiger partial charge on any atom is -0.507 e. The Morgan fingerprint density at radius 3 is 1.66 bits per heavy atom. The summed E-state index contributed by atoms with van der Waals surface area (Å²) in [5.41, 5.74) is 2.31. The second-order valence-corrected chi connectivity index (χ2v) is 7.28. The lowest BCUT2D eigenvalue weighted by atomic mass is 9.76. The summed E-state index contributed by atoms with van der Waals surface area (Å²) in [5.74, 6) is -3.07. The molecule has 4 heteroatoms. The molecule has 2 aliphatic carbocycles. The van der Waals surface area contributed by atoms with Crippen molar-refractivity contribution in [2.75, 3.05) is 0 Å². The molecule has 0 spiro atoms. The molecule has 0 fully saturated rings. The Morgan fingerprint density at radius 1 is 0.621 bits per heavy atom. The van der Waals surface area contributed by atoms with Gasteiger partial charge >= 0.3 is 0 Å². The van der Waals surface area contributed by atoms with E-state index in [1.807, 2.05) is 6.07 Å². The van der Waals surface area contributed by atoms with Crippen LogP contribution in [0.2, 0.25) is 0 Å². The molecule has 1 N–H and O–H groups in total. The molecule has 0 amide bonds. The fourth-order valence-corrected chi connectivity index (χ4v) is 4.43. The maximum atomic E-state index is 13.2. The van der Waals surface area contributed by atoms with Gasteiger partial charge in [0, 0.05) is 28.2 Å². The number of carbonyl (C=O) groups excluding carboxylic acids is 3. The molecule has 1 atom stereocenters. The van der Waals surface area contributed by atoms with Crippen molar-refractivity contribution in [3.8, 4) is 0 Å². The van der Waals surface area contributed by atoms with Crippen LogP contribution in [0.3, 0.4) is 0 Å². The van der Waals surface area contributed by atoms with E-state index in [-0.39, 0.29) is 28.7 Å². The van der Waals surface area contributed by atoms with E-state index in [1.165, 1.54) is 0 Å². The predicted molar refractivity (Wildman–Crippen MR) is 108 cm³/mol. The highest BCUT2D eigenvalue weighted by Crippen LogP contribution is 2.46. The third-order valence-corrected chi connectivity index (χ3v) is 5.75. The molecule has 0 aliphatic heterocycles. The van der Waals surface area contributed by atoms with Gasteiger partial charge in [0.25, 0.3) is 0 Å². The number of fused-ring (bicyclic) bond motifs is 2. The lowest BCUT2D eigenvalue weighted by Crippen LogP contribution is -2.27. The minimum atomic E-state index is -1.08. The van der Waals surface area contributed by atoms with Gasteiger partial charge in [-0.25, -0.2) is 0 Å². The quantitative estimate of drug-likeness (QED) is 0.673. The maximum absolute atomic E-state index is 13.2. The van der Waals surface area contributed by atoms with Crippen LogP contribution in [0.4, 0.5) is 0 Å². The molecule has 0 saturated carbocycles. The number of allylic oxidation sites excluding steroid dienone is 1. The predicted octanol–water partition coefficient (Wildman–Crippen LogP) is 4.63. The Hall–Kier alpha value is -3.79. The second-order valence-electron chi connectivity index (χ2n) is 7.28. The average molecular weight is 380 g/mol. The average Bonchev–Trinajstić information content (AvgIpc) is 3.16. The lowest BCUT2D eigenvalue weighted by Gasteiger charge is -2.23. The van der Waals surface area contributed by atoms with Crippen molar-refractivity contribution in [3.63, 3.8) is 0 Å². The van der Waals surface area contributed by atoms with Crippen molar-refractivity contribution in [1.82, 2.24) is 0 Å². The first-order valence-electron chi connectivity index (χ1n) is 9.39. The van der Waals surface area contributed by atoms with Gasteiger partial charge in [-0.15, -0.1) is 0 Å². The number of ketones is 3. The molecule has 0 aromatic heterocycles. The van der Waals surface area contributed by atoms with Crippen LogP contribution in [0, 0.1) is 5.92 Å². The number of hydrogen-bond acceptors (Lipinski definition) is 4. The lowest BCUT2D eigenvalue weighted by molar-refractivity contribution is 0.0821. The number of rotatable bonds is 3. The van der Waals surface area contributed by atoms with Gasteiger partial charge in [-0.3, -0.25) is 14.4 Å². The van der Waals surface area contributed by atoms with Gasteiger partial charge in [0.05, 0.1) is 11.5 Å². The Labute approximate surface area is 167 Å². The fourth-order valence-electron chi connectivity index (χ4n) is 4.43. The topological polar surface area (TPSA) is 71.4 Å². The van der Waals surface area contributed by atoms with Gasteiger partial charge in [-0.05, 0) is 5.56 Å². The molecule has 140 valence electrons. The minimum absolute atomic E-state index is 0.108. The summed E-state index contributed by atoms with van der Waals surface area (Å²) in [4.78, 5) is 39.7. The highest BCUT2D eigenvalue weighted by molar-refractivity contribution is 6.29. The van der Waals surface area contributed by atoms with Gasteiger partial charge < -0.3 is 5.11 Å². The summed E-state index contributed by atoms with van der Waals surface area (Å²) < 4.78 is 0. The second kappa shape index (κ2) is 6.38. The molecule has 0 bridgehead atoms. The van der Waals surface area contributed by atoms with Crippen LogP contribution in [0.25, 0.3) is 5.76 Å². The Morgan fingerprint density at radius 2 is 1.10 bits per heavy atom. The number of benzene rings is 3. The molecular formula is C25H16O4. The van der Waals surface area contributed by atoms with Crippen LogP contribution in [0.1, 0.15) is 48.1 Å². The zero-order chi connectivity index (χ0) is 20.1. The standard InChI is InChI=1S/C25H16O4/c26-22-15-10-4-5-11-16(15)23(27)20(22)19(14-8-2-1-3-9-14)21-24(28)17-12-6-7-13-18(17)25(21)29/h1-13,19-20,28H/t19-/m1/s1. The van der Waals surface area contributed by atoms with Crippen molar-refractivity contribution in [2.24, 2.45) is 5.92 Å². The molecule has 3 aromatic carbocycles. The Balaban J connectivity index is 1.72. The summed E-state index contributed by atoms with van der Waals surface area (Å²) in [5, 5.41) is 10.9. The molecule has 0 radical (unpaired) electrons. The monoisotopic (exact) mass is 380 g/mol. The van der Waals surface area contributed by atoms with Gasteiger partial charge in [-0.2, -0.15) is 0 Å². The summed E-state index contributed by atoms with van der Waals surface area (Å²) in [7, 11) is 0. The molecule has 2 aliphatic rings. The van der Waals surface area contributed by atoms with Gasteiger partial charge in [0.1, 0.15) is 5.76 Å². The molecule has 0 unspecified atom stereocenters. The largest absolute Gasteiger partial charge is 0.507 e. The van der Waals surface area contributed by atoms with Crippen LogP contribution in [-0.2, 0) is 0 Å². The summed E-state index contributed by atoms with van der Waals surface area (Å²) >= 11 is 0. The zero-order valence-electron chi connectivity index (χ0n) is 15.3. The van der Waals surface area contributed by atoms with E-state index in [1.54, 1.807) is 72.8 Å².